The van der Waals surface area contributed by atoms with Gasteiger partial charge < -0.3 is 5.32 Å². The number of pyridine rings is 2. The molecule has 0 aliphatic carbocycles. The van der Waals surface area contributed by atoms with Crippen molar-refractivity contribution in [3.8, 4) is 11.5 Å². The molecular weight excluding hydrogens is 524 g/mol. The number of amides is 1. The molecule has 5 rings (SSSR count). The van der Waals surface area contributed by atoms with Gasteiger partial charge in [-0.3, -0.25) is 28.5 Å². The summed E-state index contributed by atoms with van der Waals surface area (Å²) in [6.07, 6.45) is 5.32. The number of halogens is 1. The SMILES string of the molecule is CSNC(=O)c1nc(Cl)ccc1NC(C)c1cc(C)cc2c(=O)n(C)c(-c3cc4cn(C)nc4cn3)nc12. The Balaban J connectivity index is 1.64. The molecule has 1 amide bonds. The number of aryl methyl sites for hydroxylation is 2. The van der Waals surface area contributed by atoms with Gasteiger partial charge in [-0.2, -0.15) is 5.10 Å². The van der Waals surface area contributed by atoms with Gasteiger partial charge in [0.1, 0.15) is 16.4 Å². The zero-order chi connectivity index (χ0) is 27.1. The number of benzene rings is 1. The molecule has 1 unspecified atom stereocenters. The second-order valence-corrected chi connectivity index (χ2v) is 10.0. The molecule has 194 valence electrons. The molecular formula is C26H25ClN8O2S. The Labute approximate surface area is 227 Å². The van der Waals surface area contributed by atoms with E-state index < -0.39 is 0 Å². The van der Waals surface area contributed by atoms with Crippen LogP contribution in [0.1, 0.15) is 34.6 Å². The zero-order valence-electron chi connectivity index (χ0n) is 21.4. The van der Waals surface area contributed by atoms with E-state index in [2.05, 4.69) is 25.1 Å². The predicted molar refractivity (Wildman–Crippen MR) is 151 cm³/mol. The van der Waals surface area contributed by atoms with Crippen LogP contribution in [-0.4, -0.2) is 41.5 Å². The van der Waals surface area contributed by atoms with Gasteiger partial charge in [0, 0.05) is 37.5 Å². The number of hydrogen-bond acceptors (Lipinski definition) is 8. The summed E-state index contributed by atoms with van der Waals surface area (Å²) in [7, 11) is 3.54. The molecule has 0 aliphatic heterocycles. The quantitative estimate of drug-likeness (QED) is 0.236. The van der Waals surface area contributed by atoms with Gasteiger partial charge in [0.2, 0.25) is 0 Å². The minimum atomic E-state index is -0.366. The molecule has 0 aliphatic rings. The minimum absolute atomic E-state index is 0.175. The van der Waals surface area contributed by atoms with Gasteiger partial charge in [-0.25, -0.2) is 9.97 Å². The third kappa shape index (κ3) is 4.70. The Kier molecular flexibility index (Phi) is 6.80. The molecule has 0 bridgehead atoms. The first-order valence-corrected chi connectivity index (χ1v) is 13.3. The van der Waals surface area contributed by atoms with Crippen molar-refractivity contribution in [1.29, 1.82) is 0 Å². The number of rotatable bonds is 6. The van der Waals surface area contributed by atoms with Crippen molar-refractivity contribution in [2.75, 3.05) is 11.6 Å². The first-order valence-electron chi connectivity index (χ1n) is 11.7. The van der Waals surface area contributed by atoms with E-state index in [1.165, 1.54) is 16.5 Å². The molecule has 1 atom stereocenters. The molecule has 2 N–H and O–H groups in total. The highest BCUT2D eigenvalue weighted by molar-refractivity contribution is 7.97. The number of hydrogen-bond donors (Lipinski definition) is 2. The lowest BCUT2D eigenvalue weighted by molar-refractivity contribution is 0.0980. The Morgan fingerprint density at radius 1 is 1.16 bits per heavy atom. The number of fused-ring (bicyclic) bond motifs is 2. The van der Waals surface area contributed by atoms with Crippen LogP contribution < -0.4 is 15.6 Å². The van der Waals surface area contributed by atoms with E-state index in [9.17, 15) is 9.59 Å². The van der Waals surface area contributed by atoms with E-state index >= 15 is 0 Å². The Bertz CT molecular complexity index is 1780. The van der Waals surface area contributed by atoms with Crippen molar-refractivity contribution in [3.63, 3.8) is 0 Å². The smallest absolute Gasteiger partial charge is 0.281 e. The van der Waals surface area contributed by atoms with E-state index in [1.54, 1.807) is 36.3 Å². The summed E-state index contributed by atoms with van der Waals surface area (Å²) in [5.74, 6) is 0.0775. The molecule has 4 aromatic heterocycles. The van der Waals surface area contributed by atoms with E-state index in [0.29, 0.717) is 28.1 Å². The van der Waals surface area contributed by atoms with Crippen LogP contribution in [0, 0.1) is 6.92 Å². The average Bonchev–Trinajstić information content (AvgIpc) is 3.26. The highest BCUT2D eigenvalue weighted by Gasteiger charge is 2.21. The predicted octanol–water partition coefficient (Wildman–Crippen LogP) is 4.42. The number of anilines is 1. The lowest BCUT2D eigenvalue weighted by Gasteiger charge is -2.20. The number of nitrogens with one attached hydrogen (secondary N) is 2. The normalized spacial score (nSPS) is 12.2. The van der Waals surface area contributed by atoms with Crippen LogP contribution in [0.15, 0.2) is 47.5 Å². The number of carbonyl (C=O) groups excluding carboxylic acids is 1. The van der Waals surface area contributed by atoms with E-state index in [0.717, 1.165) is 22.0 Å². The summed E-state index contributed by atoms with van der Waals surface area (Å²) in [5.41, 5.74) is 4.10. The standard InChI is InChI=1S/C26H25ClN8O2S/c1-13-8-16(14(2)29-18-6-7-21(27)30-23(18)25(36)33-38-5)22-17(9-13)26(37)35(4)24(31-22)19-10-15-12-34(3)32-20(15)11-28-19/h6-12,14,29H,1-5H3,(H,33,36). The number of nitrogens with zero attached hydrogens (tertiary/aromatic N) is 6. The fourth-order valence-electron chi connectivity index (χ4n) is 4.46. The van der Waals surface area contributed by atoms with Crippen LogP contribution in [0.4, 0.5) is 5.69 Å². The monoisotopic (exact) mass is 548 g/mol. The lowest BCUT2D eigenvalue weighted by atomic mass is 10.0. The minimum Gasteiger partial charge on any atom is -0.377 e. The van der Waals surface area contributed by atoms with E-state index in [-0.39, 0.29) is 28.4 Å². The summed E-state index contributed by atoms with van der Waals surface area (Å²) < 4.78 is 5.92. The fourth-order valence-corrected chi connectivity index (χ4v) is 4.89. The third-order valence-corrected chi connectivity index (χ3v) is 6.80. The molecule has 38 heavy (non-hydrogen) atoms. The summed E-state index contributed by atoms with van der Waals surface area (Å²) >= 11 is 7.25. The van der Waals surface area contributed by atoms with Crippen molar-refractivity contribution in [3.05, 3.63) is 75.1 Å². The first kappa shape index (κ1) is 25.7. The highest BCUT2D eigenvalue weighted by Crippen LogP contribution is 2.29. The van der Waals surface area contributed by atoms with Gasteiger partial charge in [0.15, 0.2) is 11.5 Å². The molecule has 0 fully saturated rings. The number of carbonyl (C=O) groups is 1. The van der Waals surface area contributed by atoms with Crippen molar-refractivity contribution >= 4 is 56.9 Å². The molecule has 5 aromatic rings. The second kappa shape index (κ2) is 10.1. The van der Waals surface area contributed by atoms with Gasteiger partial charge >= 0.3 is 0 Å². The van der Waals surface area contributed by atoms with Gasteiger partial charge in [-0.1, -0.05) is 29.6 Å². The van der Waals surface area contributed by atoms with Crippen molar-refractivity contribution in [2.45, 2.75) is 19.9 Å². The van der Waals surface area contributed by atoms with Crippen molar-refractivity contribution < 1.29 is 4.79 Å². The molecule has 12 heteroatoms. The Hall–Kier alpha value is -3.96. The zero-order valence-corrected chi connectivity index (χ0v) is 23.0. The van der Waals surface area contributed by atoms with Crippen LogP contribution in [0.5, 0.6) is 0 Å². The maximum absolute atomic E-state index is 13.5. The lowest BCUT2D eigenvalue weighted by Crippen LogP contribution is -2.23. The van der Waals surface area contributed by atoms with E-state index in [4.69, 9.17) is 16.6 Å². The molecule has 10 nitrogen and oxygen atoms in total. The molecule has 1 aromatic carbocycles. The van der Waals surface area contributed by atoms with Gasteiger partial charge in [-0.05, 0) is 43.7 Å². The maximum Gasteiger partial charge on any atom is 0.281 e. The van der Waals surface area contributed by atoms with Crippen molar-refractivity contribution in [2.24, 2.45) is 14.1 Å². The van der Waals surface area contributed by atoms with Gasteiger partial charge in [0.05, 0.1) is 28.8 Å². The summed E-state index contributed by atoms with van der Waals surface area (Å²) in [5, 5.41) is 9.35. The second-order valence-electron chi connectivity index (χ2n) is 9.01. The molecule has 0 saturated carbocycles. The van der Waals surface area contributed by atoms with Gasteiger partial charge in [-0.15, -0.1) is 0 Å². The fraction of sp³-hybridized carbons (Fsp3) is 0.231. The summed E-state index contributed by atoms with van der Waals surface area (Å²) in [4.78, 5) is 39.8. The molecule has 4 heterocycles. The average molecular weight is 549 g/mol. The van der Waals surface area contributed by atoms with Crippen LogP contribution in [0.25, 0.3) is 33.3 Å². The highest BCUT2D eigenvalue weighted by atomic mass is 35.5. The number of aromatic nitrogens is 6. The van der Waals surface area contributed by atoms with Crippen LogP contribution >= 0.6 is 23.5 Å². The third-order valence-electron chi connectivity index (χ3n) is 6.20. The maximum atomic E-state index is 13.5. The summed E-state index contributed by atoms with van der Waals surface area (Å²) in [6.45, 7) is 3.87. The van der Waals surface area contributed by atoms with E-state index in [1.807, 2.05) is 45.3 Å². The first-order chi connectivity index (χ1) is 18.2. The summed E-state index contributed by atoms with van der Waals surface area (Å²) in [6, 6.07) is 8.70. The van der Waals surface area contributed by atoms with Gasteiger partial charge in [0.25, 0.3) is 11.5 Å². The molecule has 0 spiro atoms. The van der Waals surface area contributed by atoms with Crippen LogP contribution in [0.2, 0.25) is 5.15 Å². The largest absolute Gasteiger partial charge is 0.377 e. The molecule has 0 radical (unpaired) electrons. The van der Waals surface area contributed by atoms with Crippen LogP contribution in [-0.2, 0) is 14.1 Å². The van der Waals surface area contributed by atoms with Crippen LogP contribution in [0.3, 0.4) is 0 Å². The topological polar surface area (TPSA) is 120 Å². The molecule has 0 saturated heterocycles. The Morgan fingerprint density at radius 3 is 2.71 bits per heavy atom. The Morgan fingerprint density at radius 2 is 1.95 bits per heavy atom. The van der Waals surface area contributed by atoms with Crippen molar-refractivity contribution in [1.82, 2.24) is 34.0 Å².